The molecule has 0 spiro atoms. The summed E-state index contributed by atoms with van der Waals surface area (Å²) < 4.78 is 26.7. The Morgan fingerprint density at radius 1 is 1.44 bits per heavy atom. The van der Waals surface area contributed by atoms with Gasteiger partial charge in [0.15, 0.2) is 0 Å². The largest absolute Gasteiger partial charge is 0.303 e. The van der Waals surface area contributed by atoms with E-state index in [0.717, 1.165) is 23.1 Å². The molecule has 0 saturated carbocycles. The lowest BCUT2D eigenvalue weighted by Crippen LogP contribution is -2.46. The SMILES string of the molecule is CCNC1(C(F)F)CCc2ccc(C)cc21. The highest BCUT2D eigenvalue weighted by molar-refractivity contribution is 5.42. The van der Waals surface area contributed by atoms with E-state index in [-0.39, 0.29) is 0 Å². The zero-order chi connectivity index (χ0) is 11.8. The van der Waals surface area contributed by atoms with E-state index in [1.807, 2.05) is 32.0 Å². The van der Waals surface area contributed by atoms with Crippen molar-refractivity contribution >= 4 is 0 Å². The summed E-state index contributed by atoms with van der Waals surface area (Å²) >= 11 is 0. The number of fused-ring (bicyclic) bond motifs is 1. The van der Waals surface area contributed by atoms with Crippen LogP contribution in [0.15, 0.2) is 18.2 Å². The Morgan fingerprint density at radius 2 is 2.19 bits per heavy atom. The normalized spacial score (nSPS) is 23.8. The van der Waals surface area contributed by atoms with Gasteiger partial charge in [-0.1, -0.05) is 30.7 Å². The Hall–Kier alpha value is -0.960. The fourth-order valence-electron chi connectivity index (χ4n) is 2.59. The van der Waals surface area contributed by atoms with Crippen molar-refractivity contribution in [3.63, 3.8) is 0 Å². The average molecular weight is 225 g/mol. The predicted octanol–water partition coefficient (Wildman–Crippen LogP) is 3.01. The third kappa shape index (κ3) is 1.63. The first kappa shape index (κ1) is 11.5. The molecule has 88 valence electrons. The molecule has 1 nitrogen and oxygen atoms in total. The molecule has 0 fully saturated rings. The molecule has 0 amide bonds. The standard InChI is InChI=1S/C13H17F2N/c1-3-16-13(12(14)15)7-6-10-5-4-9(2)8-11(10)13/h4-5,8,12,16H,3,6-7H2,1-2H3. The Morgan fingerprint density at radius 3 is 2.81 bits per heavy atom. The van der Waals surface area contributed by atoms with E-state index in [1.165, 1.54) is 0 Å². The lowest BCUT2D eigenvalue weighted by Gasteiger charge is -2.30. The second kappa shape index (κ2) is 4.13. The van der Waals surface area contributed by atoms with Crippen molar-refractivity contribution in [3.8, 4) is 0 Å². The quantitative estimate of drug-likeness (QED) is 0.833. The van der Waals surface area contributed by atoms with Crippen LogP contribution in [0.25, 0.3) is 0 Å². The van der Waals surface area contributed by atoms with Crippen molar-refractivity contribution in [1.29, 1.82) is 0 Å². The number of hydrogen-bond donors (Lipinski definition) is 1. The van der Waals surface area contributed by atoms with Gasteiger partial charge in [-0.25, -0.2) is 8.78 Å². The van der Waals surface area contributed by atoms with Gasteiger partial charge in [-0.15, -0.1) is 0 Å². The number of hydrogen-bond acceptors (Lipinski definition) is 1. The highest BCUT2D eigenvalue weighted by Crippen LogP contribution is 2.41. The van der Waals surface area contributed by atoms with Crippen molar-refractivity contribution in [3.05, 3.63) is 34.9 Å². The molecule has 0 bridgehead atoms. The van der Waals surface area contributed by atoms with Gasteiger partial charge < -0.3 is 5.32 Å². The number of rotatable bonds is 3. The van der Waals surface area contributed by atoms with Gasteiger partial charge in [-0.05, 0) is 37.4 Å². The maximum atomic E-state index is 13.3. The first-order valence-electron chi connectivity index (χ1n) is 5.73. The van der Waals surface area contributed by atoms with Crippen molar-refractivity contribution in [2.45, 2.75) is 38.7 Å². The van der Waals surface area contributed by atoms with Crippen LogP contribution in [0.2, 0.25) is 0 Å². The second-order valence-corrected chi connectivity index (χ2v) is 4.46. The monoisotopic (exact) mass is 225 g/mol. The molecule has 1 aromatic carbocycles. The second-order valence-electron chi connectivity index (χ2n) is 4.46. The minimum atomic E-state index is -2.35. The minimum absolute atomic E-state index is 0.497. The van der Waals surface area contributed by atoms with Crippen molar-refractivity contribution in [2.24, 2.45) is 0 Å². The maximum absolute atomic E-state index is 13.3. The third-order valence-corrected chi connectivity index (χ3v) is 3.40. The minimum Gasteiger partial charge on any atom is -0.303 e. The topological polar surface area (TPSA) is 12.0 Å². The molecule has 0 saturated heterocycles. The number of benzene rings is 1. The van der Waals surface area contributed by atoms with Crippen LogP contribution in [0.1, 0.15) is 30.0 Å². The summed E-state index contributed by atoms with van der Waals surface area (Å²) in [7, 11) is 0. The lowest BCUT2D eigenvalue weighted by atomic mass is 9.91. The van der Waals surface area contributed by atoms with Gasteiger partial charge >= 0.3 is 0 Å². The Labute approximate surface area is 94.9 Å². The van der Waals surface area contributed by atoms with Crippen molar-refractivity contribution in [1.82, 2.24) is 5.32 Å². The van der Waals surface area contributed by atoms with E-state index in [1.54, 1.807) is 0 Å². The Bertz CT molecular complexity index is 386. The molecule has 0 aliphatic heterocycles. The molecule has 1 unspecified atom stereocenters. The molecule has 3 heteroatoms. The zero-order valence-electron chi connectivity index (χ0n) is 9.69. The summed E-state index contributed by atoms with van der Waals surface area (Å²) in [6.07, 6.45) is -1.11. The van der Waals surface area contributed by atoms with Gasteiger partial charge in [0.25, 0.3) is 6.43 Å². The fraction of sp³-hybridized carbons (Fsp3) is 0.538. The highest BCUT2D eigenvalue weighted by atomic mass is 19.3. The summed E-state index contributed by atoms with van der Waals surface area (Å²) in [6.45, 7) is 4.39. The molecule has 1 aliphatic rings. The average Bonchev–Trinajstić information content (AvgIpc) is 2.59. The molecule has 0 radical (unpaired) electrons. The van der Waals surface area contributed by atoms with Crippen molar-refractivity contribution < 1.29 is 8.78 Å². The summed E-state index contributed by atoms with van der Waals surface area (Å²) in [5.74, 6) is 0. The summed E-state index contributed by atoms with van der Waals surface area (Å²) in [5.41, 5.74) is 1.79. The molecule has 1 N–H and O–H groups in total. The molecular weight excluding hydrogens is 208 g/mol. The van der Waals surface area contributed by atoms with Crippen LogP contribution in [0, 0.1) is 6.92 Å². The van der Waals surface area contributed by atoms with Gasteiger partial charge in [0, 0.05) is 0 Å². The van der Waals surface area contributed by atoms with E-state index in [2.05, 4.69) is 5.32 Å². The van der Waals surface area contributed by atoms with Crippen molar-refractivity contribution in [2.75, 3.05) is 6.54 Å². The number of nitrogens with one attached hydrogen (secondary N) is 1. The number of aryl methyl sites for hydroxylation is 2. The van der Waals surface area contributed by atoms with Crippen LogP contribution < -0.4 is 5.32 Å². The van der Waals surface area contributed by atoms with Crippen LogP contribution in [0.3, 0.4) is 0 Å². The van der Waals surface area contributed by atoms with Crippen LogP contribution in [0.5, 0.6) is 0 Å². The zero-order valence-corrected chi connectivity index (χ0v) is 9.69. The molecule has 2 rings (SSSR count). The predicted molar refractivity (Wildman–Crippen MR) is 60.9 cm³/mol. The highest BCUT2D eigenvalue weighted by Gasteiger charge is 2.45. The number of alkyl halides is 2. The first-order valence-corrected chi connectivity index (χ1v) is 5.73. The summed E-state index contributed by atoms with van der Waals surface area (Å²) in [4.78, 5) is 0. The summed E-state index contributed by atoms with van der Waals surface area (Å²) in [6, 6.07) is 5.87. The molecular formula is C13H17F2N. The van der Waals surface area contributed by atoms with Gasteiger partial charge in [0.05, 0.1) is 0 Å². The Kier molecular flexibility index (Phi) is 2.98. The van der Waals surface area contributed by atoms with Crippen LogP contribution in [0.4, 0.5) is 8.78 Å². The van der Waals surface area contributed by atoms with Crippen LogP contribution in [-0.2, 0) is 12.0 Å². The van der Waals surface area contributed by atoms with Crippen LogP contribution >= 0.6 is 0 Å². The van der Waals surface area contributed by atoms with Gasteiger partial charge in [0.2, 0.25) is 0 Å². The third-order valence-electron chi connectivity index (χ3n) is 3.40. The lowest BCUT2D eigenvalue weighted by molar-refractivity contribution is 0.0289. The molecule has 0 aromatic heterocycles. The smallest absolute Gasteiger partial charge is 0.260 e. The summed E-state index contributed by atoms with van der Waals surface area (Å²) in [5, 5.41) is 2.99. The molecule has 1 aromatic rings. The van der Waals surface area contributed by atoms with Crippen LogP contribution in [-0.4, -0.2) is 13.0 Å². The molecule has 16 heavy (non-hydrogen) atoms. The van der Waals surface area contributed by atoms with E-state index < -0.39 is 12.0 Å². The maximum Gasteiger partial charge on any atom is 0.260 e. The molecule has 0 heterocycles. The first-order chi connectivity index (χ1) is 7.60. The van der Waals surface area contributed by atoms with E-state index in [0.29, 0.717) is 13.0 Å². The molecule has 1 atom stereocenters. The van der Waals surface area contributed by atoms with Gasteiger partial charge in [0.1, 0.15) is 5.54 Å². The van der Waals surface area contributed by atoms with Gasteiger partial charge in [-0.3, -0.25) is 0 Å². The molecule has 1 aliphatic carbocycles. The van der Waals surface area contributed by atoms with E-state index in [4.69, 9.17) is 0 Å². The number of halogens is 2. The Balaban J connectivity index is 2.49. The fourth-order valence-corrected chi connectivity index (χ4v) is 2.59. The van der Waals surface area contributed by atoms with E-state index in [9.17, 15) is 8.78 Å². The van der Waals surface area contributed by atoms with E-state index >= 15 is 0 Å². The van der Waals surface area contributed by atoms with Gasteiger partial charge in [-0.2, -0.15) is 0 Å².